The minimum absolute atomic E-state index is 0.0879. The Hall–Kier alpha value is -1.97. The number of carbonyl (C=O) groups is 1. The summed E-state index contributed by atoms with van der Waals surface area (Å²) < 4.78 is 5.24. The van der Waals surface area contributed by atoms with Gasteiger partial charge in [-0.3, -0.25) is 4.79 Å². The van der Waals surface area contributed by atoms with Crippen molar-refractivity contribution >= 4 is 16.8 Å². The van der Waals surface area contributed by atoms with E-state index >= 15 is 0 Å². The van der Waals surface area contributed by atoms with E-state index in [-0.39, 0.29) is 6.61 Å². The number of amides is 1. The van der Waals surface area contributed by atoms with Crippen molar-refractivity contribution in [2.75, 3.05) is 6.61 Å². The van der Waals surface area contributed by atoms with Crippen molar-refractivity contribution in [3.63, 3.8) is 0 Å². The van der Waals surface area contributed by atoms with Gasteiger partial charge < -0.3 is 15.5 Å². The van der Waals surface area contributed by atoms with Crippen LogP contribution in [0.25, 0.3) is 10.9 Å². The molecule has 0 saturated carbocycles. The Labute approximate surface area is 87.0 Å². The normalized spacial score (nSPS) is 10.5. The van der Waals surface area contributed by atoms with Crippen LogP contribution in [0.2, 0.25) is 0 Å². The molecule has 1 aromatic heterocycles. The second-order valence-corrected chi connectivity index (χ2v) is 3.44. The fourth-order valence-corrected chi connectivity index (χ4v) is 1.56. The zero-order chi connectivity index (χ0) is 10.8. The summed E-state index contributed by atoms with van der Waals surface area (Å²) in [7, 11) is 0. The number of fused-ring (bicyclic) bond motifs is 1. The summed E-state index contributed by atoms with van der Waals surface area (Å²) in [5.74, 6) is 0.195. The standard InChI is InChI=1S/C11H12N2O2/c1-7-4-9(15-6-10(12)14)5-8-2-3-13-11(7)8/h2-5,13H,6H2,1H3,(H2,12,14). The number of benzene rings is 1. The molecule has 0 spiro atoms. The molecule has 2 aromatic rings. The number of ether oxygens (including phenoxy) is 1. The second kappa shape index (κ2) is 3.65. The summed E-state index contributed by atoms with van der Waals surface area (Å²) >= 11 is 0. The predicted molar refractivity (Wildman–Crippen MR) is 57.7 cm³/mol. The van der Waals surface area contributed by atoms with E-state index in [1.807, 2.05) is 31.3 Å². The monoisotopic (exact) mass is 204 g/mol. The molecule has 0 aliphatic rings. The highest BCUT2D eigenvalue weighted by Crippen LogP contribution is 2.23. The van der Waals surface area contributed by atoms with E-state index in [0.29, 0.717) is 5.75 Å². The molecule has 0 aliphatic carbocycles. The molecule has 15 heavy (non-hydrogen) atoms. The molecule has 0 aliphatic heterocycles. The number of nitrogens with two attached hydrogens (primary N) is 1. The van der Waals surface area contributed by atoms with Gasteiger partial charge in [-0.05, 0) is 30.7 Å². The van der Waals surface area contributed by atoms with Gasteiger partial charge in [-0.1, -0.05) is 0 Å². The van der Waals surface area contributed by atoms with Crippen molar-refractivity contribution in [2.24, 2.45) is 5.73 Å². The van der Waals surface area contributed by atoms with Crippen molar-refractivity contribution < 1.29 is 9.53 Å². The number of rotatable bonds is 3. The van der Waals surface area contributed by atoms with Crippen LogP contribution in [0, 0.1) is 6.92 Å². The van der Waals surface area contributed by atoms with Crippen LogP contribution >= 0.6 is 0 Å². The van der Waals surface area contributed by atoms with Crippen LogP contribution in [0.4, 0.5) is 0 Å². The maximum atomic E-state index is 10.6. The van der Waals surface area contributed by atoms with E-state index in [1.165, 1.54) is 0 Å². The minimum Gasteiger partial charge on any atom is -0.484 e. The fourth-order valence-electron chi connectivity index (χ4n) is 1.56. The molecule has 0 unspecified atom stereocenters. The van der Waals surface area contributed by atoms with Gasteiger partial charge in [0, 0.05) is 17.1 Å². The first kappa shape index (κ1) is 9.58. The van der Waals surface area contributed by atoms with E-state index in [2.05, 4.69) is 4.98 Å². The van der Waals surface area contributed by atoms with Crippen molar-refractivity contribution in [1.82, 2.24) is 4.98 Å². The first-order valence-corrected chi connectivity index (χ1v) is 4.65. The maximum Gasteiger partial charge on any atom is 0.255 e. The van der Waals surface area contributed by atoms with Gasteiger partial charge >= 0.3 is 0 Å². The highest BCUT2D eigenvalue weighted by molar-refractivity contribution is 5.84. The molecule has 2 rings (SSSR count). The Morgan fingerprint density at radius 2 is 2.33 bits per heavy atom. The summed E-state index contributed by atoms with van der Waals surface area (Å²) in [5, 5.41) is 1.06. The van der Waals surface area contributed by atoms with E-state index in [0.717, 1.165) is 16.5 Å². The molecule has 1 amide bonds. The third-order valence-corrected chi connectivity index (χ3v) is 2.21. The summed E-state index contributed by atoms with van der Waals surface area (Å²) in [6, 6.07) is 5.71. The Kier molecular flexibility index (Phi) is 2.33. The average Bonchev–Trinajstić information content (AvgIpc) is 2.63. The summed E-state index contributed by atoms with van der Waals surface area (Å²) in [4.78, 5) is 13.7. The van der Waals surface area contributed by atoms with Gasteiger partial charge in [0.1, 0.15) is 5.75 Å². The van der Waals surface area contributed by atoms with E-state index in [9.17, 15) is 4.79 Å². The van der Waals surface area contributed by atoms with Crippen molar-refractivity contribution in [3.05, 3.63) is 30.0 Å². The summed E-state index contributed by atoms with van der Waals surface area (Å²) in [5.41, 5.74) is 7.17. The molecule has 1 heterocycles. The lowest BCUT2D eigenvalue weighted by Crippen LogP contribution is -2.20. The fraction of sp³-hybridized carbons (Fsp3) is 0.182. The molecule has 4 heteroatoms. The lowest BCUT2D eigenvalue weighted by Gasteiger charge is -2.05. The van der Waals surface area contributed by atoms with Gasteiger partial charge in [0.25, 0.3) is 5.91 Å². The highest BCUT2D eigenvalue weighted by atomic mass is 16.5. The number of carbonyl (C=O) groups excluding carboxylic acids is 1. The molecule has 1 aromatic carbocycles. The third kappa shape index (κ3) is 1.93. The Bertz CT molecular complexity index is 502. The quantitative estimate of drug-likeness (QED) is 0.792. The number of hydrogen-bond acceptors (Lipinski definition) is 2. The van der Waals surface area contributed by atoms with Crippen LogP contribution in [-0.4, -0.2) is 17.5 Å². The molecule has 0 fully saturated rings. The number of nitrogens with one attached hydrogen (secondary N) is 1. The molecule has 4 nitrogen and oxygen atoms in total. The summed E-state index contributed by atoms with van der Waals surface area (Å²) in [6.45, 7) is 1.89. The molecule has 0 atom stereocenters. The van der Waals surface area contributed by atoms with Crippen LogP contribution in [0.3, 0.4) is 0 Å². The molecule has 78 valence electrons. The minimum atomic E-state index is -0.471. The van der Waals surface area contributed by atoms with Crippen LogP contribution < -0.4 is 10.5 Å². The lowest BCUT2D eigenvalue weighted by molar-refractivity contribution is -0.119. The van der Waals surface area contributed by atoms with Crippen LogP contribution in [0.1, 0.15) is 5.56 Å². The molecular formula is C11H12N2O2. The van der Waals surface area contributed by atoms with Gasteiger partial charge in [0.05, 0.1) is 0 Å². The lowest BCUT2D eigenvalue weighted by atomic mass is 10.1. The van der Waals surface area contributed by atoms with Gasteiger partial charge in [-0.25, -0.2) is 0 Å². The van der Waals surface area contributed by atoms with Crippen LogP contribution in [-0.2, 0) is 4.79 Å². The second-order valence-electron chi connectivity index (χ2n) is 3.44. The van der Waals surface area contributed by atoms with E-state index in [4.69, 9.17) is 10.5 Å². The number of hydrogen-bond donors (Lipinski definition) is 2. The van der Waals surface area contributed by atoms with Gasteiger partial charge in [-0.15, -0.1) is 0 Å². The van der Waals surface area contributed by atoms with Gasteiger partial charge in [0.2, 0.25) is 0 Å². The zero-order valence-corrected chi connectivity index (χ0v) is 8.41. The van der Waals surface area contributed by atoms with Crippen LogP contribution in [0.15, 0.2) is 24.4 Å². The van der Waals surface area contributed by atoms with Crippen molar-refractivity contribution in [1.29, 1.82) is 0 Å². The Balaban J connectivity index is 2.32. The molecule has 0 saturated heterocycles. The number of aromatic nitrogens is 1. The Morgan fingerprint density at radius 1 is 1.53 bits per heavy atom. The number of aromatic amines is 1. The summed E-state index contributed by atoms with van der Waals surface area (Å²) in [6.07, 6.45) is 1.87. The van der Waals surface area contributed by atoms with E-state index < -0.39 is 5.91 Å². The molecule has 3 N–H and O–H groups in total. The topological polar surface area (TPSA) is 68.1 Å². The molecular weight excluding hydrogens is 192 g/mol. The number of H-pyrrole nitrogens is 1. The first-order chi connectivity index (χ1) is 7.16. The van der Waals surface area contributed by atoms with Crippen LogP contribution in [0.5, 0.6) is 5.75 Å². The first-order valence-electron chi connectivity index (χ1n) is 4.65. The Morgan fingerprint density at radius 3 is 3.07 bits per heavy atom. The highest BCUT2D eigenvalue weighted by Gasteiger charge is 2.03. The smallest absolute Gasteiger partial charge is 0.255 e. The zero-order valence-electron chi connectivity index (χ0n) is 8.41. The third-order valence-electron chi connectivity index (χ3n) is 2.21. The molecule has 0 radical (unpaired) electrons. The van der Waals surface area contributed by atoms with Crippen molar-refractivity contribution in [3.8, 4) is 5.75 Å². The predicted octanol–water partition coefficient (Wildman–Crippen LogP) is 1.34. The van der Waals surface area contributed by atoms with E-state index in [1.54, 1.807) is 0 Å². The number of aryl methyl sites for hydroxylation is 1. The maximum absolute atomic E-state index is 10.6. The van der Waals surface area contributed by atoms with Gasteiger partial charge in [0.15, 0.2) is 6.61 Å². The SMILES string of the molecule is Cc1cc(OCC(N)=O)cc2cc[nH]c12. The number of primary amides is 1. The average molecular weight is 204 g/mol. The van der Waals surface area contributed by atoms with Crippen molar-refractivity contribution in [2.45, 2.75) is 6.92 Å². The largest absolute Gasteiger partial charge is 0.484 e. The molecule has 0 bridgehead atoms. The van der Waals surface area contributed by atoms with Gasteiger partial charge in [-0.2, -0.15) is 0 Å².